The molecule has 96 valence electrons. The van der Waals surface area contributed by atoms with Gasteiger partial charge in [-0.2, -0.15) is 0 Å². The number of sulfonamides is 1. The fraction of sp³-hybridized carbons (Fsp3) is 0.500. The van der Waals surface area contributed by atoms with E-state index in [1.54, 1.807) is 25.3 Å². The number of ether oxygens (including phenoxy) is 1. The zero-order valence-electron chi connectivity index (χ0n) is 9.52. The minimum atomic E-state index is -3.39. The maximum absolute atomic E-state index is 11.7. The molecule has 0 radical (unpaired) electrons. The molecular formula is C10H15ClN2O3S. The summed E-state index contributed by atoms with van der Waals surface area (Å²) in [6, 6.07) is 3.25. The summed E-state index contributed by atoms with van der Waals surface area (Å²) in [6.07, 6.45) is 1.95. The molecule has 0 aliphatic carbocycles. The molecule has 0 saturated carbocycles. The van der Waals surface area contributed by atoms with E-state index in [-0.39, 0.29) is 11.6 Å². The lowest BCUT2D eigenvalue weighted by Gasteiger charge is -2.11. The van der Waals surface area contributed by atoms with Crippen molar-refractivity contribution in [1.29, 1.82) is 0 Å². The summed E-state index contributed by atoms with van der Waals surface area (Å²) in [7, 11) is -3.39. The molecule has 5 nitrogen and oxygen atoms in total. The van der Waals surface area contributed by atoms with Gasteiger partial charge in [-0.05, 0) is 25.5 Å². The molecule has 0 fully saturated rings. The summed E-state index contributed by atoms with van der Waals surface area (Å²) in [5, 5.41) is 0. The molecule has 0 aromatic carbocycles. The zero-order valence-corrected chi connectivity index (χ0v) is 11.1. The first-order valence-electron chi connectivity index (χ1n) is 5.23. The number of pyridine rings is 1. The first kappa shape index (κ1) is 14.1. The number of hydrogen-bond donors (Lipinski definition) is 1. The number of nitrogens with zero attached hydrogens (tertiary/aromatic N) is 1. The SMILES string of the molecule is CCOc1ncccc1NS(=O)(=O)CCCCl. The highest BCUT2D eigenvalue weighted by molar-refractivity contribution is 7.92. The molecule has 17 heavy (non-hydrogen) atoms. The number of aromatic nitrogens is 1. The van der Waals surface area contributed by atoms with E-state index in [9.17, 15) is 8.42 Å². The van der Waals surface area contributed by atoms with E-state index in [4.69, 9.17) is 16.3 Å². The maximum atomic E-state index is 11.7. The first-order chi connectivity index (χ1) is 8.09. The third-order valence-electron chi connectivity index (χ3n) is 1.86. The molecule has 0 bridgehead atoms. The van der Waals surface area contributed by atoms with Gasteiger partial charge in [-0.3, -0.25) is 4.72 Å². The van der Waals surface area contributed by atoms with Crippen LogP contribution in [0.1, 0.15) is 13.3 Å². The van der Waals surface area contributed by atoms with E-state index in [1.165, 1.54) is 0 Å². The van der Waals surface area contributed by atoms with Crippen LogP contribution in [0.2, 0.25) is 0 Å². The van der Waals surface area contributed by atoms with Gasteiger partial charge < -0.3 is 4.74 Å². The Kier molecular flexibility index (Phi) is 5.50. The Morgan fingerprint density at radius 2 is 2.29 bits per heavy atom. The van der Waals surface area contributed by atoms with Crippen molar-refractivity contribution >= 4 is 27.3 Å². The molecule has 1 aromatic rings. The lowest BCUT2D eigenvalue weighted by Crippen LogP contribution is -2.17. The van der Waals surface area contributed by atoms with Gasteiger partial charge in [-0.25, -0.2) is 13.4 Å². The highest BCUT2D eigenvalue weighted by atomic mass is 35.5. The van der Waals surface area contributed by atoms with Crippen LogP contribution in [0.4, 0.5) is 5.69 Å². The Morgan fingerprint density at radius 1 is 1.53 bits per heavy atom. The molecule has 0 saturated heterocycles. The topological polar surface area (TPSA) is 68.3 Å². The lowest BCUT2D eigenvalue weighted by atomic mass is 10.4. The van der Waals surface area contributed by atoms with Gasteiger partial charge in [-0.15, -0.1) is 11.6 Å². The lowest BCUT2D eigenvalue weighted by molar-refractivity contribution is 0.329. The number of rotatable bonds is 7. The van der Waals surface area contributed by atoms with Crippen molar-refractivity contribution in [2.75, 3.05) is 23.0 Å². The third kappa shape index (κ3) is 4.79. The van der Waals surface area contributed by atoms with E-state index in [0.29, 0.717) is 24.6 Å². The second kappa shape index (κ2) is 6.66. The summed E-state index contributed by atoms with van der Waals surface area (Å²) in [5.41, 5.74) is 0.351. The number of anilines is 1. The molecule has 1 aromatic heterocycles. The van der Waals surface area contributed by atoms with Crippen molar-refractivity contribution < 1.29 is 13.2 Å². The predicted octanol–water partition coefficient (Wildman–Crippen LogP) is 1.85. The summed E-state index contributed by atoms with van der Waals surface area (Å²) >= 11 is 5.46. The molecule has 0 aliphatic rings. The average molecular weight is 279 g/mol. The van der Waals surface area contributed by atoms with Crippen LogP contribution in [0.5, 0.6) is 5.88 Å². The van der Waals surface area contributed by atoms with Gasteiger partial charge in [0.2, 0.25) is 15.9 Å². The van der Waals surface area contributed by atoms with Gasteiger partial charge in [0, 0.05) is 12.1 Å². The van der Waals surface area contributed by atoms with Crippen LogP contribution in [-0.2, 0) is 10.0 Å². The van der Waals surface area contributed by atoms with Crippen LogP contribution in [0.15, 0.2) is 18.3 Å². The van der Waals surface area contributed by atoms with Crippen molar-refractivity contribution in [3.05, 3.63) is 18.3 Å². The first-order valence-corrected chi connectivity index (χ1v) is 7.42. The van der Waals surface area contributed by atoms with Crippen LogP contribution >= 0.6 is 11.6 Å². The van der Waals surface area contributed by atoms with Crippen LogP contribution in [0.3, 0.4) is 0 Å². The van der Waals surface area contributed by atoms with Crippen molar-refractivity contribution in [3.63, 3.8) is 0 Å². The van der Waals surface area contributed by atoms with Crippen molar-refractivity contribution in [1.82, 2.24) is 4.98 Å². The normalized spacial score (nSPS) is 11.2. The van der Waals surface area contributed by atoms with Gasteiger partial charge in [0.05, 0.1) is 12.4 Å². The standard InChI is InChI=1S/C10H15ClN2O3S/c1-2-16-10-9(5-3-7-12-10)13-17(14,15)8-4-6-11/h3,5,7,13H,2,4,6,8H2,1H3. The highest BCUT2D eigenvalue weighted by Gasteiger charge is 2.13. The van der Waals surface area contributed by atoms with Crippen molar-refractivity contribution in [2.45, 2.75) is 13.3 Å². The third-order valence-corrected chi connectivity index (χ3v) is 3.49. The van der Waals surface area contributed by atoms with E-state index < -0.39 is 10.0 Å². The molecule has 1 N–H and O–H groups in total. The number of hydrogen-bond acceptors (Lipinski definition) is 4. The minimum absolute atomic E-state index is 0.0169. The largest absolute Gasteiger partial charge is 0.476 e. The summed E-state index contributed by atoms with van der Waals surface area (Å²) < 4.78 is 31.0. The van der Waals surface area contributed by atoms with Crippen molar-refractivity contribution in [3.8, 4) is 5.88 Å². The molecule has 1 rings (SSSR count). The Bertz CT molecular complexity index is 451. The molecule has 1 heterocycles. The average Bonchev–Trinajstić information content (AvgIpc) is 2.29. The quantitative estimate of drug-likeness (QED) is 0.773. The van der Waals surface area contributed by atoms with E-state index >= 15 is 0 Å². The Morgan fingerprint density at radius 3 is 2.94 bits per heavy atom. The molecule has 0 amide bonds. The summed E-state index contributed by atoms with van der Waals surface area (Å²) in [6.45, 7) is 2.23. The molecule has 0 atom stereocenters. The van der Waals surface area contributed by atoms with Gasteiger partial charge in [0.15, 0.2) is 0 Å². The Hall–Kier alpha value is -1.01. The fourth-order valence-electron chi connectivity index (χ4n) is 1.18. The molecule has 0 spiro atoms. The van der Waals surface area contributed by atoms with Crippen LogP contribution in [0.25, 0.3) is 0 Å². The van der Waals surface area contributed by atoms with Crippen LogP contribution < -0.4 is 9.46 Å². The van der Waals surface area contributed by atoms with Crippen molar-refractivity contribution in [2.24, 2.45) is 0 Å². The predicted molar refractivity (Wildman–Crippen MR) is 68.2 cm³/mol. The molecule has 0 aliphatic heterocycles. The van der Waals surface area contributed by atoms with Gasteiger partial charge in [0.25, 0.3) is 0 Å². The second-order valence-electron chi connectivity index (χ2n) is 3.25. The van der Waals surface area contributed by atoms with Gasteiger partial charge in [-0.1, -0.05) is 0 Å². The highest BCUT2D eigenvalue weighted by Crippen LogP contribution is 2.21. The van der Waals surface area contributed by atoms with Crippen LogP contribution in [-0.4, -0.2) is 31.6 Å². The summed E-state index contributed by atoms with van der Waals surface area (Å²) in [5.74, 6) is 0.577. The van der Waals surface area contributed by atoms with Gasteiger partial charge >= 0.3 is 0 Å². The minimum Gasteiger partial charge on any atom is -0.476 e. The zero-order chi connectivity index (χ0) is 12.7. The Balaban J connectivity index is 2.80. The van der Waals surface area contributed by atoms with Gasteiger partial charge in [0.1, 0.15) is 5.69 Å². The van der Waals surface area contributed by atoms with E-state index in [1.807, 2.05) is 0 Å². The Labute approximate surface area is 106 Å². The number of halogens is 1. The number of nitrogens with one attached hydrogen (secondary N) is 1. The summed E-state index contributed by atoms with van der Waals surface area (Å²) in [4.78, 5) is 3.96. The monoisotopic (exact) mass is 278 g/mol. The fourth-order valence-corrected chi connectivity index (χ4v) is 2.59. The van der Waals surface area contributed by atoms with E-state index in [2.05, 4.69) is 9.71 Å². The number of alkyl halides is 1. The maximum Gasteiger partial charge on any atom is 0.238 e. The molecule has 0 unspecified atom stereocenters. The molecule has 7 heteroatoms. The smallest absolute Gasteiger partial charge is 0.238 e. The van der Waals surface area contributed by atoms with Crippen LogP contribution in [0, 0.1) is 0 Å². The molecular weight excluding hydrogens is 264 g/mol. The second-order valence-corrected chi connectivity index (χ2v) is 5.47. The van der Waals surface area contributed by atoms with E-state index in [0.717, 1.165) is 0 Å².